The number of hydrogen-bond donors (Lipinski definition) is 2. The van der Waals surface area contributed by atoms with Gasteiger partial charge in [0.1, 0.15) is 0 Å². The van der Waals surface area contributed by atoms with Gasteiger partial charge < -0.3 is 5.32 Å². The van der Waals surface area contributed by atoms with Crippen molar-refractivity contribution in [2.24, 2.45) is 0 Å². The summed E-state index contributed by atoms with van der Waals surface area (Å²) in [4.78, 5) is 0.945. The van der Waals surface area contributed by atoms with Gasteiger partial charge in [-0.05, 0) is 74.9 Å². The van der Waals surface area contributed by atoms with Crippen LogP contribution in [0.3, 0.4) is 0 Å². The summed E-state index contributed by atoms with van der Waals surface area (Å²) in [6.07, 6.45) is 0. The summed E-state index contributed by atoms with van der Waals surface area (Å²) >= 11 is 4.92. The first-order valence-corrected chi connectivity index (χ1v) is 15.2. The van der Waals surface area contributed by atoms with E-state index in [0.29, 0.717) is 17.8 Å². The first-order valence-electron chi connectivity index (χ1n) is 14.8. The van der Waals surface area contributed by atoms with Gasteiger partial charge in [0.05, 0.1) is 5.69 Å². The molecular weight excluding hydrogens is 515 g/mol. The van der Waals surface area contributed by atoms with Gasteiger partial charge in [-0.2, -0.15) is 0 Å². The van der Waals surface area contributed by atoms with Crippen molar-refractivity contribution in [3.05, 3.63) is 126 Å². The van der Waals surface area contributed by atoms with E-state index in [2.05, 4.69) is 156 Å². The minimum atomic E-state index is 0.407. The molecule has 0 aliphatic carbocycles. The molecular formula is C39H41NS. The Labute approximate surface area is 252 Å². The molecule has 1 nitrogen and oxygen atoms in total. The Morgan fingerprint density at radius 1 is 0.512 bits per heavy atom. The van der Waals surface area contributed by atoms with Gasteiger partial charge in [0.2, 0.25) is 0 Å². The van der Waals surface area contributed by atoms with Crippen molar-refractivity contribution in [3.8, 4) is 33.4 Å². The summed E-state index contributed by atoms with van der Waals surface area (Å²) in [7, 11) is 0. The lowest BCUT2D eigenvalue weighted by Crippen LogP contribution is -2.04. The molecule has 0 amide bonds. The Balaban J connectivity index is 1.70. The molecule has 0 aliphatic heterocycles. The maximum Gasteiger partial charge on any atom is 0.0543 e. The van der Waals surface area contributed by atoms with Crippen LogP contribution in [-0.4, -0.2) is 0 Å². The summed E-state index contributed by atoms with van der Waals surface area (Å²) in [5.74, 6) is 1.30. The van der Waals surface area contributed by atoms with Crippen LogP contribution in [0.5, 0.6) is 0 Å². The lowest BCUT2D eigenvalue weighted by molar-refractivity contribution is 0.807. The second-order valence-corrected chi connectivity index (χ2v) is 12.4. The summed E-state index contributed by atoms with van der Waals surface area (Å²) in [6, 6.07) is 39.3. The lowest BCUT2D eigenvalue weighted by atomic mass is 9.81. The third kappa shape index (κ3) is 6.29. The Morgan fingerprint density at radius 2 is 1.02 bits per heavy atom. The molecule has 1 N–H and O–H groups in total. The molecule has 5 rings (SSSR count). The van der Waals surface area contributed by atoms with Crippen LogP contribution >= 0.6 is 12.6 Å². The fourth-order valence-corrected chi connectivity index (χ4v) is 5.94. The molecule has 208 valence electrons. The smallest absolute Gasteiger partial charge is 0.0543 e. The highest BCUT2D eigenvalue weighted by molar-refractivity contribution is 7.80. The van der Waals surface area contributed by atoms with Crippen LogP contribution in [0.1, 0.15) is 76.0 Å². The van der Waals surface area contributed by atoms with Crippen molar-refractivity contribution in [1.82, 2.24) is 0 Å². The van der Waals surface area contributed by atoms with Gasteiger partial charge in [-0.15, -0.1) is 12.6 Å². The van der Waals surface area contributed by atoms with Crippen molar-refractivity contribution in [1.29, 1.82) is 0 Å². The first-order chi connectivity index (χ1) is 19.7. The quantitative estimate of drug-likeness (QED) is 0.181. The van der Waals surface area contributed by atoms with E-state index in [1.807, 2.05) is 0 Å². The topological polar surface area (TPSA) is 12.0 Å². The molecule has 0 saturated heterocycles. The largest absolute Gasteiger partial charge is 0.354 e. The zero-order chi connectivity index (χ0) is 29.1. The average molecular weight is 556 g/mol. The van der Waals surface area contributed by atoms with Crippen molar-refractivity contribution >= 4 is 24.0 Å². The van der Waals surface area contributed by atoms with E-state index in [0.717, 1.165) is 16.3 Å². The lowest BCUT2D eigenvalue weighted by Gasteiger charge is -2.24. The van der Waals surface area contributed by atoms with Gasteiger partial charge in [-0.3, -0.25) is 0 Å². The summed E-state index contributed by atoms with van der Waals surface area (Å²) in [5, 5.41) is 3.87. The Kier molecular flexibility index (Phi) is 8.71. The SMILES string of the molecule is CC(C)c1cc(C(C)C)c(-c2cc(S)cc(Nc3c(-c4ccccc4)cccc3-c3ccccc3)c2)c(C(C)C)c1. The van der Waals surface area contributed by atoms with Crippen LogP contribution in [0.25, 0.3) is 33.4 Å². The number of hydrogen-bond acceptors (Lipinski definition) is 2. The molecule has 0 unspecified atom stereocenters. The van der Waals surface area contributed by atoms with Crippen LogP contribution in [0.15, 0.2) is 114 Å². The molecule has 5 aromatic carbocycles. The van der Waals surface area contributed by atoms with E-state index in [1.54, 1.807) is 0 Å². The molecule has 5 aromatic rings. The summed E-state index contributed by atoms with van der Waals surface area (Å²) < 4.78 is 0. The van der Waals surface area contributed by atoms with Gasteiger partial charge >= 0.3 is 0 Å². The van der Waals surface area contributed by atoms with E-state index < -0.39 is 0 Å². The van der Waals surface area contributed by atoms with Crippen LogP contribution < -0.4 is 5.32 Å². The Hall–Kier alpha value is -3.75. The van der Waals surface area contributed by atoms with Crippen LogP contribution in [0, 0.1) is 0 Å². The molecule has 0 saturated carbocycles. The molecule has 0 radical (unpaired) electrons. The monoisotopic (exact) mass is 555 g/mol. The molecule has 0 aromatic heterocycles. The molecule has 0 bridgehead atoms. The summed E-state index contributed by atoms with van der Waals surface area (Å²) in [5.41, 5.74) is 13.6. The fourth-order valence-electron chi connectivity index (χ4n) is 5.66. The second kappa shape index (κ2) is 12.4. The van der Waals surface area contributed by atoms with Crippen LogP contribution in [0.2, 0.25) is 0 Å². The predicted octanol–water partition coefficient (Wildman–Crippen LogP) is 12.1. The highest BCUT2D eigenvalue weighted by Crippen LogP contribution is 2.43. The van der Waals surface area contributed by atoms with E-state index in [9.17, 15) is 0 Å². The Bertz CT molecular complexity index is 1550. The summed E-state index contributed by atoms with van der Waals surface area (Å²) in [6.45, 7) is 13.8. The second-order valence-electron chi connectivity index (χ2n) is 11.9. The third-order valence-electron chi connectivity index (χ3n) is 7.84. The minimum absolute atomic E-state index is 0.407. The van der Waals surface area contributed by atoms with Gasteiger partial charge in [0, 0.05) is 21.7 Å². The maximum absolute atomic E-state index is 4.92. The van der Waals surface area contributed by atoms with Gasteiger partial charge in [0.25, 0.3) is 0 Å². The van der Waals surface area contributed by atoms with Gasteiger partial charge in [0.15, 0.2) is 0 Å². The molecule has 2 heteroatoms. The van der Waals surface area contributed by atoms with Crippen molar-refractivity contribution in [3.63, 3.8) is 0 Å². The van der Waals surface area contributed by atoms with E-state index in [4.69, 9.17) is 12.6 Å². The molecule has 0 fully saturated rings. The number of anilines is 2. The number of para-hydroxylation sites is 1. The van der Waals surface area contributed by atoms with E-state index >= 15 is 0 Å². The minimum Gasteiger partial charge on any atom is -0.354 e. The number of benzene rings is 5. The molecule has 0 spiro atoms. The van der Waals surface area contributed by atoms with Crippen molar-refractivity contribution < 1.29 is 0 Å². The van der Waals surface area contributed by atoms with Crippen molar-refractivity contribution in [2.45, 2.75) is 64.2 Å². The number of rotatable bonds is 8. The van der Waals surface area contributed by atoms with E-state index in [-0.39, 0.29) is 0 Å². The molecule has 0 atom stereocenters. The highest BCUT2D eigenvalue weighted by Gasteiger charge is 2.20. The standard InChI is InChI=1S/C39H41NS/c1-25(2)30-22-36(26(3)4)38(37(23-30)27(5)6)31-20-32(24-33(41)21-31)40-39-34(28-14-9-7-10-15-28)18-13-19-35(39)29-16-11-8-12-17-29/h7-27,40-41H,1-6H3. The number of nitrogens with one attached hydrogen (secondary N) is 1. The number of thiol groups is 1. The normalized spacial score (nSPS) is 11.5. The third-order valence-corrected chi connectivity index (χ3v) is 8.10. The average Bonchev–Trinajstić information content (AvgIpc) is 2.97. The molecule has 0 aliphatic rings. The maximum atomic E-state index is 4.92. The Morgan fingerprint density at radius 3 is 1.49 bits per heavy atom. The predicted molar refractivity (Wildman–Crippen MR) is 182 cm³/mol. The van der Waals surface area contributed by atoms with Crippen LogP contribution in [0.4, 0.5) is 11.4 Å². The fraction of sp³-hybridized carbons (Fsp3) is 0.231. The van der Waals surface area contributed by atoms with Crippen molar-refractivity contribution in [2.75, 3.05) is 5.32 Å². The van der Waals surface area contributed by atoms with Gasteiger partial charge in [-0.1, -0.05) is 133 Å². The van der Waals surface area contributed by atoms with Crippen LogP contribution in [-0.2, 0) is 0 Å². The highest BCUT2D eigenvalue weighted by atomic mass is 32.1. The molecule has 0 heterocycles. The zero-order valence-corrected chi connectivity index (χ0v) is 26.0. The molecule has 41 heavy (non-hydrogen) atoms. The zero-order valence-electron chi connectivity index (χ0n) is 25.1. The van der Waals surface area contributed by atoms with Gasteiger partial charge in [-0.25, -0.2) is 0 Å². The van der Waals surface area contributed by atoms with E-state index in [1.165, 1.54) is 50.1 Å². The first kappa shape index (κ1) is 28.8.